The number of alkyl halides is 3. The van der Waals surface area contributed by atoms with E-state index in [9.17, 15) is 27.6 Å². The Kier molecular flexibility index (Phi) is 8.66. The van der Waals surface area contributed by atoms with Crippen molar-refractivity contribution < 1.29 is 32.3 Å². The highest BCUT2D eigenvalue weighted by molar-refractivity contribution is 8.03. The number of nitrogens with one attached hydrogen (secondary N) is 2. The van der Waals surface area contributed by atoms with Gasteiger partial charge in [0, 0.05) is 23.9 Å². The highest BCUT2D eigenvalue weighted by Gasteiger charge is 2.40. The first-order valence-electron chi connectivity index (χ1n) is 11.2. The maximum Gasteiger partial charge on any atom is 0.426 e. The van der Waals surface area contributed by atoms with E-state index in [4.69, 9.17) is 16.3 Å². The molecule has 1 heterocycles. The normalized spacial score (nSPS) is 18.1. The highest BCUT2D eigenvalue weighted by Crippen LogP contribution is 2.42. The minimum atomic E-state index is -4.31. The van der Waals surface area contributed by atoms with Crippen molar-refractivity contribution in [2.45, 2.75) is 51.8 Å². The maximum atomic E-state index is 13.5. The molecule has 2 N–H and O–H groups in total. The third kappa shape index (κ3) is 7.67. The molecule has 0 radical (unpaired) electrons. The molecule has 1 aromatic rings. The third-order valence-corrected chi connectivity index (χ3v) is 6.51. The lowest BCUT2D eigenvalue weighted by molar-refractivity contribution is -0.136. The number of Topliss-reactive ketones (excluding diaryl/α,β-unsaturated/α-hetero) is 1. The summed E-state index contributed by atoms with van der Waals surface area (Å²) in [5.41, 5.74) is 2.94. The van der Waals surface area contributed by atoms with Crippen molar-refractivity contribution in [3.8, 4) is 0 Å². The van der Waals surface area contributed by atoms with Gasteiger partial charge in [-0.15, -0.1) is 0 Å². The molecule has 0 spiro atoms. The molecule has 12 heteroatoms. The van der Waals surface area contributed by atoms with Crippen LogP contribution in [0.4, 0.5) is 18.0 Å². The van der Waals surface area contributed by atoms with E-state index >= 15 is 0 Å². The number of carbonyl (C=O) groups excluding carboxylic acids is 3. The fourth-order valence-corrected chi connectivity index (χ4v) is 4.89. The molecule has 0 fully saturated rings. The standard InChI is InChI=1S/C24H27ClF3N3O4S/c1-23(2,3)35-22(34)30-31-13-36-20-17(21(33)29-10-4-9-24(26,27)28)12-15(19(32)18(20)31)11-14-5-7-16(25)8-6-14/h5-8,12,15H,4,9-11,13H2,1-3H3,(H,29,33)(H,30,34). The molecule has 3 rings (SSSR count). The van der Waals surface area contributed by atoms with Crippen LogP contribution in [0, 0.1) is 5.92 Å². The summed E-state index contributed by atoms with van der Waals surface area (Å²) in [5.74, 6) is -1.45. The third-order valence-electron chi connectivity index (χ3n) is 5.17. The van der Waals surface area contributed by atoms with Crippen molar-refractivity contribution in [2.75, 3.05) is 12.4 Å². The lowest BCUT2D eigenvalue weighted by Gasteiger charge is -2.28. The molecular weight excluding hydrogens is 519 g/mol. The van der Waals surface area contributed by atoms with Crippen LogP contribution in [0.15, 0.2) is 46.5 Å². The summed E-state index contributed by atoms with van der Waals surface area (Å²) >= 11 is 7.13. The van der Waals surface area contributed by atoms with E-state index in [-0.39, 0.29) is 42.3 Å². The van der Waals surface area contributed by atoms with Crippen molar-refractivity contribution in [2.24, 2.45) is 5.92 Å². The summed E-state index contributed by atoms with van der Waals surface area (Å²) in [5, 5.41) is 4.39. The Balaban J connectivity index is 1.84. The van der Waals surface area contributed by atoms with Gasteiger partial charge >= 0.3 is 12.3 Å². The summed E-state index contributed by atoms with van der Waals surface area (Å²) in [6, 6.07) is 6.91. The van der Waals surface area contributed by atoms with Gasteiger partial charge in [0.15, 0.2) is 5.78 Å². The van der Waals surface area contributed by atoms with Gasteiger partial charge in [-0.25, -0.2) is 10.2 Å². The maximum absolute atomic E-state index is 13.5. The van der Waals surface area contributed by atoms with Crippen LogP contribution in [0.5, 0.6) is 0 Å². The van der Waals surface area contributed by atoms with Gasteiger partial charge in [-0.05, 0) is 51.3 Å². The topological polar surface area (TPSA) is 87.7 Å². The molecule has 0 aromatic heterocycles. The van der Waals surface area contributed by atoms with Gasteiger partial charge in [0.2, 0.25) is 0 Å². The fraction of sp³-hybridized carbons (Fsp3) is 0.458. The Morgan fingerprint density at radius 2 is 1.86 bits per heavy atom. The number of halogens is 4. The van der Waals surface area contributed by atoms with Crippen LogP contribution in [-0.4, -0.2) is 47.0 Å². The number of thioether (sulfide) groups is 1. The Labute approximate surface area is 216 Å². The molecule has 0 bridgehead atoms. The number of hydrogen-bond acceptors (Lipinski definition) is 6. The van der Waals surface area contributed by atoms with Gasteiger partial charge in [-0.1, -0.05) is 41.6 Å². The Hall–Kier alpha value is -2.66. The summed E-state index contributed by atoms with van der Waals surface area (Å²) in [6.45, 7) is 4.94. The van der Waals surface area contributed by atoms with Crippen LogP contribution in [0.1, 0.15) is 39.2 Å². The van der Waals surface area contributed by atoms with Crippen molar-refractivity contribution >= 4 is 41.1 Å². The largest absolute Gasteiger partial charge is 0.443 e. The molecule has 2 amide bonds. The fourth-order valence-electron chi connectivity index (χ4n) is 3.65. The van der Waals surface area contributed by atoms with Gasteiger partial charge < -0.3 is 10.1 Å². The summed E-state index contributed by atoms with van der Waals surface area (Å²) < 4.78 is 42.7. The van der Waals surface area contributed by atoms with Crippen LogP contribution in [-0.2, 0) is 20.7 Å². The Morgan fingerprint density at radius 3 is 2.47 bits per heavy atom. The Morgan fingerprint density at radius 1 is 1.19 bits per heavy atom. The number of ether oxygens (including phenoxy) is 1. The van der Waals surface area contributed by atoms with Crippen LogP contribution >= 0.6 is 23.4 Å². The zero-order valence-corrected chi connectivity index (χ0v) is 21.6. The molecule has 1 aromatic carbocycles. The second-order valence-electron chi connectivity index (χ2n) is 9.35. The lowest BCUT2D eigenvalue weighted by Crippen LogP contribution is -2.45. The monoisotopic (exact) mass is 545 g/mol. The van der Waals surface area contributed by atoms with E-state index < -0.39 is 36.1 Å². The van der Waals surface area contributed by atoms with E-state index in [0.717, 1.165) is 5.56 Å². The molecule has 1 aliphatic heterocycles. The van der Waals surface area contributed by atoms with Crippen molar-refractivity contribution in [1.29, 1.82) is 0 Å². The predicted molar refractivity (Wildman–Crippen MR) is 131 cm³/mol. The zero-order valence-electron chi connectivity index (χ0n) is 20.0. The number of allylic oxidation sites excluding steroid dienone is 2. The second kappa shape index (κ2) is 11.2. The van der Waals surface area contributed by atoms with Gasteiger partial charge in [-0.3, -0.25) is 14.6 Å². The van der Waals surface area contributed by atoms with Crippen molar-refractivity contribution in [3.63, 3.8) is 0 Å². The summed E-state index contributed by atoms with van der Waals surface area (Å²) in [6.07, 6.45) is -4.54. The van der Waals surface area contributed by atoms with Gasteiger partial charge in [0.05, 0.1) is 16.4 Å². The van der Waals surface area contributed by atoms with Crippen LogP contribution < -0.4 is 10.7 Å². The van der Waals surface area contributed by atoms with E-state index in [1.807, 2.05) is 0 Å². The first kappa shape index (κ1) is 27.9. The SMILES string of the molecule is CC(C)(C)OC(=O)NN1CSC2=C1C(=O)C(Cc1ccc(Cl)cc1)C=C2C(=O)NCCCC(F)(F)F. The average molecular weight is 546 g/mol. The van der Waals surface area contributed by atoms with E-state index in [1.54, 1.807) is 51.1 Å². The predicted octanol–water partition coefficient (Wildman–Crippen LogP) is 5.12. The molecule has 1 aliphatic carbocycles. The minimum Gasteiger partial charge on any atom is -0.443 e. The van der Waals surface area contributed by atoms with Gasteiger partial charge in [0.1, 0.15) is 11.3 Å². The number of ketones is 1. The number of hydrazine groups is 1. The number of hydrogen-bond donors (Lipinski definition) is 2. The van der Waals surface area contributed by atoms with E-state index in [1.165, 1.54) is 16.8 Å². The van der Waals surface area contributed by atoms with Crippen molar-refractivity contribution in [3.05, 3.63) is 57.1 Å². The highest BCUT2D eigenvalue weighted by atomic mass is 35.5. The van der Waals surface area contributed by atoms with Crippen LogP contribution in [0.2, 0.25) is 5.02 Å². The first-order chi connectivity index (χ1) is 16.7. The summed E-state index contributed by atoms with van der Waals surface area (Å²) in [4.78, 5) is 39.1. The molecule has 36 heavy (non-hydrogen) atoms. The molecule has 1 atom stereocenters. The molecule has 0 saturated carbocycles. The molecule has 196 valence electrons. The Bertz CT molecular complexity index is 1080. The van der Waals surface area contributed by atoms with Gasteiger partial charge in [-0.2, -0.15) is 13.2 Å². The second-order valence-corrected chi connectivity index (χ2v) is 10.7. The molecule has 1 unspecified atom stereocenters. The number of amides is 2. The molecule has 0 saturated heterocycles. The van der Waals surface area contributed by atoms with Crippen molar-refractivity contribution in [1.82, 2.24) is 15.8 Å². The zero-order chi connectivity index (χ0) is 26.7. The average Bonchev–Trinajstić information content (AvgIpc) is 3.16. The van der Waals surface area contributed by atoms with Gasteiger partial charge in [0.25, 0.3) is 5.91 Å². The summed E-state index contributed by atoms with van der Waals surface area (Å²) in [7, 11) is 0. The first-order valence-corrected chi connectivity index (χ1v) is 12.6. The smallest absolute Gasteiger partial charge is 0.426 e. The lowest BCUT2D eigenvalue weighted by atomic mass is 9.86. The molecule has 2 aliphatic rings. The minimum absolute atomic E-state index is 0.146. The quantitative estimate of drug-likeness (QED) is 0.462. The number of rotatable bonds is 7. The molecular formula is C24H27ClF3N3O4S. The van der Waals surface area contributed by atoms with Crippen LogP contribution in [0.25, 0.3) is 0 Å². The van der Waals surface area contributed by atoms with E-state index in [2.05, 4.69) is 10.7 Å². The van der Waals surface area contributed by atoms with Crippen LogP contribution in [0.3, 0.4) is 0 Å². The number of benzene rings is 1. The number of nitrogens with zero attached hydrogens (tertiary/aromatic N) is 1. The van der Waals surface area contributed by atoms with E-state index in [0.29, 0.717) is 9.93 Å². The number of carbonyl (C=O) groups is 3. The molecule has 7 nitrogen and oxygen atoms in total.